The second kappa shape index (κ2) is 4.96. The van der Waals surface area contributed by atoms with Gasteiger partial charge in [-0.05, 0) is 23.1 Å². The molecule has 0 saturated heterocycles. The van der Waals surface area contributed by atoms with Crippen LogP contribution < -0.4 is 0 Å². The van der Waals surface area contributed by atoms with Gasteiger partial charge in [0.2, 0.25) is 0 Å². The van der Waals surface area contributed by atoms with Crippen LogP contribution in [-0.2, 0) is 5.41 Å². The highest BCUT2D eigenvalue weighted by Gasteiger charge is 2.23. The SMILES string of the molecule is CC(C)(C)c1ccccc1C(=O)c1ccccc1F. The maximum absolute atomic E-state index is 13.7. The summed E-state index contributed by atoms with van der Waals surface area (Å²) in [7, 11) is 0. The monoisotopic (exact) mass is 256 g/mol. The van der Waals surface area contributed by atoms with Crippen LogP contribution in [0.4, 0.5) is 4.39 Å². The fourth-order valence-corrected chi connectivity index (χ4v) is 2.13. The van der Waals surface area contributed by atoms with E-state index in [1.165, 1.54) is 12.1 Å². The van der Waals surface area contributed by atoms with Gasteiger partial charge in [-0.1, -0.05) is 57.2 Å². The quantitative estimate of drug-likeness (QED) is 0.730. The lowest BCUT2D eigenvalue weighted by Gasteiger charge is -2.22. The summed E-state index contributed by atoms with van der Waals surface area (Å²) in [6.07, 6.45) is 0. The minimum absolute atomic E-state index is 0.124. The van der Waals surface area contributed by atoms with Crippen LogP contribution >= 0.6 is 0 Å². The molecule has 0 heterocycles. The van der Waals surface area contributed by atoms with Crippen molar-refractivity contribution in [2.24, 2.45) is 0 Å². The number of halogens is 1. The lowest BCUT2D eigenvalue weighted by atomic mass is 9.82. The van der Waals surface area contributed by atoms with Gasteiger partial charge in [-0.15, -0.1) is 0 Å². The van der Waals surface area contributed by atoms with Gasteiger partial charge in [0.1, 0.15) is 5.82 Å². The molecule has 0 fully saturated rings. The molecule has 0 spiro atoms. The van der Waals surface area contributed by atoms with E-state index in [2.05, 4.69) is 0 Å². The van der Waals surface area contributed by atoms with Crippen LogP contribution in [-0.4, -0.2) is 5.78 Å². The first-order chi connectivity index (χ1) is 8.91. The Hall–Kier alpha value is -1.96. The smallest absolute Gasteiger partial charge is 0.196 e. The summed E-state index contributed by atoms with van der Waals surface area (Å²) in [6.45, 7) is 6.13. The molecule has 2 heteroatoms. The Bertz CT molecular complexity index is 609. The third kappa shape index (κ3) is 2.73. The highest BCUT2D eigenvalue weighted by Crippen LogP contribution is 2.27. The van der Waals surface area contributed by atoms with E-state index in [9.17, 15) is 9.18 Å². The fraction of sp³-hybridized carbons (Fsp3) is 0.235. The van der Waals surface area contributed by atoms with Crippen molar-refractivity contribution in [2.75, 3.05) is 0 Å². The van der Waals surface area contributed by atoms with Crippen molar-refractivity contribution in [2.45, 2.75) is 26.2 Å². The normalized spacial score (nSPS) is 11.4. The second-order valence-electron chi connectivity index (χ2n) is 5.60. The number of hydrogen-bond donors (Lipinski definition) is 0. The van der Waals surface area contributed by atoms with E-state index in [-0.39, 0.29) is 16.8 Å². The van der Waals surface area contributed by atoms with Gasteiger partial charge in [0, 0.05) is 5.56 Å². The van der Waals surface area contributed by atoms with Gasteiger partial charge in [-0.3, -0.25) is 4.79 Å². The minimum Gasteiger partial charge on any atom is -0.288 e. The first-order valence-corrected chi connectivity index (χ1v) is 6.30. The van der Waals surface area contributed by atoms with Gasteiger partial charge in [-0.25, -0.2) is 4.39 Å². The predicted octanol–water partition coefficient (Wildman–Crippen LogP) is 4.35. The van der Waals surface area contributed by atoms with E-state index >= 15 is 0 Å². The van der Waals surface area contributed by atoms with Gasteiger partial charge in [-0.2, -0.15) is 0 Å². The number of hydrogen-bond acceptors (Lipinski definition) is 1. The summed E-state index contributed by atoms with van der Waals surface area (Å²) >= 11 is 0. The molecule has 0 aromatic heterocycles. The lowest BCUT2D eigenvalue weighted by molar-refractivity contribution is 0.103. The van der Waals surface area contributed by atoms with E-state index in [4.69, 9.17) is 0 Å². The summed E-state index contributed by atoms with van der Waals surface area (Å²) in [6, 6.07) is 13.5. The number of carbonyl (C=O) groups is 1. The standard InChI is InChI=1S/C17H17FO/c1-17(2,3)14-10-6-4-8-12(14)16(19)13-9-5-7-11-15(13)18/h4-11H,1-3H3. The van der Waals surface area contributed by atoms with Gasteiger partial charge in [0.15, 0.2) is 5.78 Å². The zero-order valence-corrected chi connectivity index (χ0v) is 11.4. The lowest BCUT2D eigenvalue weighted by Crippen LogP contribution is -2.17. The highest BCUT2D eigenvalue weighted by atomic mass is 19.1. The summed E-state index contributed by atoms with van der Waals surface area (Å²) in [4.78, 5) is 12.5. The number of carbonyl (C=O) groups excluding carboxylic acids is 1. The van der Waals surface area contributed by atoms with Crippen LogP contribution in [0.5, 0.6) is 0 Å². The molecule has 0 amide bonds. The Morgan fingerprint density at radius 3 is 2.00 bits per heavy atom. The minimum atomic E-state index is -0.476. The van der Waals surface area contributed by atoms with Crippen LogP contribution in [0, 0.1) is 5.82 Å². The van der Waals surface area contributed by atoms with E-state index in [0.29, 0.717) is 5.56 Å². The van der Waals surface area contributed by atoms with Crippen LogP contribution in [0.15, 0.2) is 48.5 Å². The second-order valence-corrected chi connectivity index (χ2v) is 5.60. The van der Waals surface area contributed by atoms with Gasteiger partial charge in [0.05, 0.1) is 5.56 Å². The first kappa shape index (κ1) is 13.5. The van der Waals surface area contributed by atoms with Crippen molar-refractivity contribution < 1.29 is 9.18 Å². The highest BCUT2D eigenvalue weighted by molar-refractivity contribution is 6.10. The third-order valence-electron chi connectivity index (χ3n) is 3.10. The number of ketones is 1. The van der Waals surface area contributed by atoms with Gasteiger partial charge < -0.3 is 0 Å². The van der Waals surface area contributed by atoms with Crippen molar-refractivity contribution in [3.05, 3.63) is 71.0 Å². The van der Waals surface area contributed by atoms with Crippen LogP contribution in [0.1, 0.15) is 42.3 Å². The largest absolute Gasteiger partial charge is 0.288 e. The van der Waals surface area contributed by atoms with Crippen LogP contribution in [0.2, 0.25) is 0 Å². The van der Waals surface area contributed by atoms with Crippen molar-refractivity contribution in [1.82, 2.24) is 0 Å². The van der Waals surface area contributed by atoms with E-state index < -0.39 is 5.82 Å². The van der Waals surface area contributed by atoms with Gasteiger partial charge in [0.25, 0.3) is 0 Å². The molecule has 98 valence electrons. The van der Waals surface area contributed by atoms with Crippen LogP contribution in [0.3, 0.4) is 0 Å². The van der Waals surface area contributed by atoms with Gasteiger partial charge >= 0.3 is 0 Å². The van der Waals surface area contributed by atoms with Crippen molar-refractivity contribution in [3.8, 4) is 0 Å². The zero-order chi connectivity index (χ0) is 14.0. The fourth-order valence-electron chi connectivity index (χ4n) is 2.13. The summed E-state index contributed by atoms with van der Waals surface area (Å²) in [5.41, 5.74) is 1.47. The molecule has 2 aromatic carbocycles. The molecule has 0 aliphatic heterocycles. The topological polar surface area (TPSA) is 17.1 Å². The Labute approximate surface area is 113 Å². The van der Waals surface area contributed by atoms with E-state index in [0.717, 1.165) is 5.56 Å². The molecular weight excluding hydrogens is 239 g/mol. The summed E-state index contributed by atoms with van der Waals surface area (Å²) in [5, 5.41) is 0. The Morgan fingerprint density at radius 2 is 1.42 bits per heavy atom. The maximum Gasteiger partial charge on any atom is 0.196 e. The van der Waals surface area contributed by atoms with Crippen molar-refractivity contribution in [1.29, 1.82) is 0 Å². The molecule has 0 aliphatic rings. The molecule has 0 aliphatic carbocycles. The maximum atomic E-state index is 13.7. The number of benzene rings is 2. The molecule has 0 unspecified atom stereocenters. The predicted molar refractivity (Wildman–Crippen MR) is 75.0 cm³/mol. The van der Waals surface area contributed by atoms with Crippen molar-refractivity contribution in [3.63, 3.8) is 0 Å². The molecule has 0 saturated carbocycles. The molecular formula is C17H17FO. The van der Waals surface area contributed by atoms with E-state index in [1.54, 1.807) is 18.2 Å². The Morgan fingerprint density at radius 1 is 0.895 bits per heavy atom. The summed E-state index contributed by atoms with van der Waals surface area (Å²) in [5.74, 6) is -0.736. The Balaban J connectivity index is 2.55. The molecule has 0 bridgehead atoms. The third-order valence-corrected chi connectivity index (χ3v) is 3.10. The van der Waals surface area contributed by atoms with Crippen LogP contribution in [0.25, 0.3) is 0 Å². The molecule has 0 atom stereocenters. The molecule has 19 heavy (non-hydrogen) atoms. The van der Waals surface area contributed by atoms with E-state index in [1.807, 2.05) is 39.0 Å². The Kier molecular flexibility index (Phi) is 3.52. The number of rotatable bonds is 2. The average molecular weight is 256 g/mol. The zero-order valence-electron chi connectivity index (χ0n) is 11.4. The molecule has 0 N–H and O–H groups in total. The molecule has 2 rings (SSSR count). The summed E-state index contributed by atoms with van der Waals surface area (Å²) < 4.78 is 13.7. The first-order valence-electron chi connectivity index (χ1n) is 6.30. The van der Waals surface area contributed by atoms with Crippen molar-refractivity contribution >= 4 is 5.78 Å². The molecule has 1 nitrogen and oxygen atoms in total. The average Bonchev–Trinajstić information content (AvgIpc) is 2.37. The molecule has 0 radical (unpaired) electrons. The molecule has 2 aromatic rings.